The maximum absolute atomic E-state index is 14.5. The molecule has 2 aromatic heterocycles. The molecule has 1 atom stereocenters. The molecule has 1 aromatic carbocycles. The zero-order chi connectivity index (χ0) is 26.8. The summed E-state index contributed by atoms with van der Waals surface area (Å²) in [5.41, 5.74) is 0.756. The van der Waals surface area contributed by atoms with Gasteiger partial charge >= 0.3 is 0 Å². The molecule has 2 aliphatic heterocycles. The zero-order valence-corrected chi connectivity index (χ0v) is 20.8. The number of rotatable bonds is 7. The van der Waals surface area contributed by atoms with E-state index in [1.165, 1.54) is 6.07 Å². The van der Waals surface area contributed by atoms with Gasteiger partial charge in [0, 0.05) is 32.0 Å². The summed E-state index contributed by atoms with van der Waals surface area (Å²) in [7, 11) is 0. The summed E-state index contributed by atoms with van der Waals surface area (Å²) < 4.78 is 20.9. The fourth-order valence-electron chi connectivity index (χ4n) is 4.78. The van der Waals surface area contributed by atoms with Gasteiger partial charge in [-0.3, -0.25) is 19.2 Å². The van der Waals surface area contributed by atoms with Crippen LogP contribution in [0.25, 0.3) is 5.65 Å². The van der Waals surface area contributed by atoms with Crippen molar-refractivity contribution < 1.29 is 28.3 Å². The molecule has 11 nitrogen and oxygen atoms in total. The number of ether oxygens (including phenoxy) is 1. The maximum atomic E-state index is 14.5. The van der Waals surface area contributed by atoms with E-state index in [1.54, 1.807) is 23.1 Å². The Kier molecular flexibility index (Phi) is 7.03. The van der Waals surface area contributed by atoms with Crippen LogP contribution in [0.5, 0.6) is 5.75 Å². The Labute approximate surface area is 217 Å². The van der Waals surface area contributed by atoms with Crippen molar-refractivity contribution in [2.45, 2.75) is 39.2 Å². The second-order valence-corrected chi connectivity index (χ2v) is 9.34. The number of fused-ring (bicyclic) bond motifs is 2. The molecule has 0 bridgehead atoms. The number of hydrogen-bond donors (Lipinski definition) is 2. The minimum atomic E-state index is -0.776. The van der Waals surface area contributed by atoms with Gasteiger partial charge in [-0.1, -0.05) is 12.5 Å². The number of ketones is 1. The number of benzene rings is 1. The second-order valence-electron chi connectivity index (χ2n) is 9.34. The van der Waals surface area contributed by atoms with Gasteiger partial charge in [-0.25, -0.2) is 13.9 Å². The zero-order valence-electron chi connectivity index (χ0n) is 20.8. The summed E-state index contributed by atoms with van der Waals surface area (Å²) in [6, 6.07) is 6.38. The lowest BCUT2D eigenvalue weighted by molar-refractivity contribution is -0.134. The van der Waals surface area contributed by atoms with Crippen LogP contribution in [0.1, 0.15) is 59.1 Å². The van der Waals surface area contributed by atoms with Gasteiger partial charge < -0.3 is 20.3 Å². The Morgan fingerprint density at radius 1 is 1.24 bits per heavy atom. The molecule has 38 heavy (non-hydrogen) atoms. The van der Waals surface area contributed by atoms with Crippen LogP contribution in [-0.4, -0.2) is 62.7 Å². The second kappa shape index (κ2) is 10.6. The number of aromatic nitrogens is 3. The lowest BCUT2D eigenvalue weighted by Crippen LogP contribution is -2.35. The van der Waals surface area contributed by atoms with Gasteiger partial charge in [0.05, 0.1) is 11.9 Å². The molecule has 1 saturated heterocycles. The molecule has 12 heteroatoms. The summed E-state index contributed by atoms with van der Waals surface area (Å²) in [6.07, 6.45) is 3.15. The van der Waals surface area contributed by atoms with Gasteiger partial charge in [0.15, 0.2) is 23.9 Å². The molecule has 0 radical (unpaired) electrons. The highest BCUT2D eigenvalue weighted by atomic mass is 19.1. The van der Waals surface area contributed by atoms with Crippen LogP contribution in [0, 0.1) is 11.7 Å². The van der Waals surface area contributed by atoms with Crippen LogP contribution in [0.3, 0.4) is 0 Å². The van der Waals surface area contributed by atoms with E-state index in [1.807, 2.05) is 6.92 Å². The number of nitrogens with zero attached hydrogens (tertiary/aromatic N) is 4. The number of nitrogens with one attached hydrogen (secondary N) is 2. The molecule has 198 valence electrons. The van der Waals surface area contributed by atoms with Crippen molar-refractivity contribution in [3.05, 3.63) is 53.2 Å². The largest absolute Gasteiger partial charge is 0.482 e. The normalized spacial score (nSPS) is 17.4. The van der Waals surface area contributed by atoms with Crippen LogP contribution in [0.4, 0.5) is 10.1 Å². The number of amides is 3. The van der Waals surface area contributed by atoms with Crippen molar-refractivity contribution in [2.24, 2.45) is 5.92 Å². The Bertz CT molecular complexity index is 1440. The van der Waals surface area contributed by atoms with Crippen LogP contribution in [0.15, 0.2) is 30.5 Å². The van der Waals surface area contributed by atoms with Gasteiger partial charge in [0.1, 0.15) is 17.1 Å². The fraction of sp³-hybridized carbons (Fsp3) is 0.385. The average Bonchev–Trinajstić information content (AvgIpc) is 3.20. The monoisotopic (exact) mass is 522 g/mol. The number of carbonyl (C=O) groups is 4. The molecule has 2 aliphatic rings. The average molecular weight is 523 g/mol. The number of Topliss-reactive ketones (excluding diaryl/α,β-unsaturated/α-hetero) is 1. The first-order valence-corrected chi connectivity index (χ1v) is 12.5. The van der Waals surface area contributed by atoms with Crippen LogP contribution >= 0.6 is 0 Å². The van der Waals surface area contributed by atoms with Crippen molar-refractivity contribution in [3.63, 3.8) is 0 Å². The van der Waals surface area contributed by atoms with Crippen LogP contribution in [-0.2, 0) is 16.1 Å². The highest BCUT2D eigenvalue weighted by Gasteiger charge is 2.30. The molecule has 1 fully saturated rings. The van der Waals surface area contributed by atoms with E-state index in [9.17, 15) is 23.6 Å². The maximum Gasteiger partial charge on any atom is 0.270 e. The van der Waals surface area contributed by atoms with E-state index in [2.05, 4.69) is 20.7 Å². The third-order valence-corrected chi connectivity index (χ3v) is 6.78. The van der Waals surface area contributed by atoms with Crippen molar-refractivity contribution in [1.29, 1.82) is 0 Å². The standard InChI is InChI=1S/C26H27FN6O5/c1-2-32-8-4-3-5-16(26(32)37)10-21(34)20-11-19(31-24-17(27)13-29-33(20)24)25(36)28-12-15-6-7-22-18(9-15)30-23(35)14-38-22/h6-7,9,11,13,16H,2-5,8,10,12,14H2,1H3,(H,28,36)(H,30,35)/t16-/m1/s1. The first-order valence-electron chi connectivity index (χ1n) is 12.5. The molecule has 0 aliphatic carbocycles. The molecule has 4 heterocycles. The van der Waals surface area contributed by atoms with E-state index in [0.717, 1.165) is 23.6 Å². The van der Waals surface area contributed by atoms with Crippen molar-refractivity contribution in [2.75, 3.05) is 25.0 Å². The third-order valence-electron chi connectivity index (χ3n) is 6.78. The summed E-state index contributed by atoms with van der Waals surface area (Å²) in [5.74, 6) is -2.12. The molecule has 2 N–H and O–H groups in total. The van der Waals surface area contributed by atoms with E-state index >= 15 is 0 Å². The van der Waals surface area contributed by atoms with E-state index < -0.39 is 23.4 Å². The summed E-state index contributed by atoms with van der Waals surface area (Å²) in [6.45, 7) is 3.16. The van der Waals surface area contributed by atoms with Gasteiger partial charge in [-0.2, -0.15) is 5.10 Å². The number of likely N-dealkylation sites (tertiary alicyclic amines) is 1. The Morgan fingerprint density at radius 3 is 2.89 bits per heavy atom. The number of hydrogen-bond acceptors (Lipinski definition) is 7. The summed E-state index contributed by atoms with van der Waals surface area (Å²) >= 11 is 0. The fourth-order valence-corrected chi connectivity index (χ4v) is 4.78. The number of anilines is 1. The molecule has 0 unspecified atom stereocenters. The van der Waals surface area contributed by atoms with Crippen molar-refractivity contribution in [1.82, 2.24) is 24.8 Å². The van der Waals surface area contributed by atoms with E-state index in [0.29, 0.717) is 36.5 Å². The first-order chi connectivity index (χ1) is 18.3. The van der Waals surface area contributed by atoms with Gasteiger partial charge in [-0.15, -0.1) is 0 Å². The molecular weight excluding hydrogens is 495 g/mol. The third kappa shape index (κ3) is 5.06. The Morgan fingerprint density at radius 2 is 2.08 bits per heavy atom. The quantitative estimate of drug-likeness (QED) is 0.455. The molecule has 0 spiro atoms. The number of halogens is 1. The first kappa shape index (κ1) is 25.3. The molecule has 0 saturated carbocycles. The molecular formula is C26H27FN6O5. The smallest absolute Gasteiger partial charge is 0.270 e. The summed E-state index contributed by atoms with van der Waals surface area (Å²) in [5, 5.41) is 9.34. The minimum absolute atomic E-state index is 0.0159. The van der Waals surface area contributed by atoms with E-state index in [4.69, 9.17) is 4.74 Å². The minimum Gasteiger partial charge on any atom is -0.482 e. The topological polar surface area (TPSA) is 135 Å². The van der Waals surface area contributed by atoms with Crippen molar-refractivity contribution in [3.8, 4) is 5.75 Å². The molecule has 3 aromatic rings. The lowest BCUT2D eigenvalue weighted by atomic mass is 9.95. The molecule has 5 rings (SSSR count). The van der Waals surface area contributed by atoms with Crippen molar-refractivity contribution >= 4 is 34.8 Å². The Hall–Kier alpha value is -4.35. The lowest BCUT2D eigenvalue weighted by Gasteiger charge is -2.22. The highest BCUT2D eigenvalue weighted by Crippen LogP contribution is 2.28. The number of carbonyl (C=O) groups excluding carboxylic acids is 4. The van der Waals surface area contributed by atoms with Gasteiger partial charge in [-0.05, 0) is 43.5 Å². The summed E-state index contributed by atoms with van der Waals surface area (Å²) in [4.78, 5) is 56.6. The van der Waals surface area contributed by atoms with Gasteiger partial charge in [0.2, 0.25) is 5.91 Å². The predicted molar refractivity (Wildman–Crippen MR) is 133 cm³/mol. The van der Waals surface area contributed by atoms with Crippen LogP contribution in [0.2, 0.25) is 0 Å². The van der Waals surface area contributed by atoms with Crippen LogP contribution < -0.4 is 15.4 Å². The Balaban J connectivity index is 1.36. The SMILES string of the molecule is CCN1CCCC[C@H](CC(=O)c2cc(C(=O)NCc3ccc4c(c3)NC(=O)CO4)nc3c(F)cnn23)C1=O. The van der Waals surface area contributed by atoms with E-state index in [-0.39, 0.29) is 48.4 Å². The molecule has 3 amide bonds. The van der Waals surface area contributed by atoms with Gasteiger partial charge in [0.25, 0.3) is 11.8 Å². The predicted octanol–water partition coefficient (Wildman–Crippen LogP) is 2.35. The highest BCUT2D eigenvalue weighted by molar-refractivity contribution is 6.01.